The van der Waals surface area contributed by atoms with Crippen LogP contribution in [0.2, 0.25) is 0 Å². The Morgan fingerprint density at radius 3 is 2.36 bits per heavy atom. The molecular formula is C34H39FN4O5. The minimum absolute atomic E-state index is 0.0622. The minimum Gasteiger partial charge on any atom is -0.493 e. The summed E-state index contributed by atoms with van der Waals surface area (Å²) in [6.07, 6.45) is 3.21. The number of rotatable bonds is 5. The van der Waals surface area contributed by atoms with E-state index in [-0.39, 0.29) is 24.4 Å². The van der Waals surface area contributed by atoms with Crippen molar-refractivity contribution in [3.8, 4) is 5.75 Å². The number of nitrogens with zero attached hydrogens (tertiary/aromatic N) is 1. The van der Waals surface area contributed by atoms with E-state index in [0.717, 1.165) is 31.2 Å². The topological polar surface area (TPSA) is 117 Å². The lowest BCUT2D eigenvalue weighted by atomic mass is 10.0. The molecule has 2 atom stereocenters. The van der Waals surface area contributed by atoms with Crippen LogP contribution in [0.5, 0.6) is 5.75 Å². The van der Waals surface area contributed by atoms with Gasteiger partial charge in [0.1, 0.15) is 23.7 Å². The van der Waals surface area contributed by atoms with E-state index in [1.165, 1.54) is 24.3 Å². The summed E-state index contributed by atoms with van der Waals surface area (Å²) in [6, 6.07) is 19.6. The summed E-state index contributed by atoms with van der Waals surface area (Å²) in [5.74, 6) is -2.00. The number of amides is 4. The maximum atomic E-state index is 13.5. The van der Waals surface area contributed by atoms with Crippen molar-refractivity contribution in [1.82, 2.24) is 20.9 Å². The first-order valence-electron chi connectivity index (χ1n) is 14.9. The highest BCUT2D eigenvalue weighted by atomic mass is 19.1. The standard InChI is InChI=1S/C34H39FN4O5/c1-39-19-9-2-3-10-20-44-30-14-8-7-13-27(30)32(41)38-28(33(42)36-23-25-15-17-26(35)18-16-25)22-31(40)37-29(34(39)43)21-24-11-5-4-6-12-24/h4-8,11-18,28-29H,2-3,9-10,19-23H2,1H3,(H,36,42)(H,37,40)(H,38,41)/t28-,29-/m0/s1. The van der Waals surface area contributed by atoms with Crippen LogP contribution >= 0.6 is 0 Å². The molecular weight excluding hydrogens is 563 g/mol. The van der Waals surface area contributed by atoms with Crippen LogP contribution in [0, 0.1) is 5.82 Å². The van der Waals surface area contributed by atoms with Crippen LogP contribution in [0.4, 0.5) is 4.39 Å². The van der Waals surface area contributed by atoms with Crippen LogP contribution in [0.25, 0.3) is 0 Å². The molecule has 0 unspecified atom stereocenters. The zero-order valence-electron chi connectivity index (χ0n) is 24.9. The van der Waals surface area contributed by atoms with Crippen molar-refractivity contribution < 1.29 is 28.3 Å². The van der Waals surface area contributed by atoms with Crippen LogP contribution in [0.3, 0.4) is 0 Å². The number of fused-ring (bicyclic) bond motifs is 1. The fraction of sp³-hybridized carbons (Fsp3) is 0.353. The molecule has 1 aliphatic heterocycles. The smallest absolute Gasteiger partial charge is 0.255 e. The van der Waals surface area contributed by atoms with E-state index in [4.69, 9.17) is 4.74 Å². The van der Waals surface area contributed by atoms with Crippen molar-refractivity contribution in [3.63, 3.8) is 0 Å². The highest BCUT2D eigenvalue weighted by Crippen LogP contribution is 2.19. The second-order valence-electron chi connectivity index (χ2n) is 10.9. The predicted molar refractivity (Wildman–Crippen MR) is 164 cm³/mol. The first kappa shape index (κ1) is 32.2. The van der Waals surface area contributed by atoms with Crippen molar-refractivity contribution in [1.29, 1.82) is 0 Å². The zero-order chi connectivity index (χ0) is 31.3. The molecule has 0 spiro atoms. The number of halogens is 1. The average molecular weight is 603 g/mol. The fourth-order valence-corrected chi connectivity index (χ4v) is 4.99. The number of para-hydroxylation sites is 1. The molecule has 44 heavy (non-hydrogen) atoms. The van der Waals surface area contributed by atoms with Crippen molar-refractivity contribution >= 4 is 23.6 Å². The van der Waals surface area contributed by atoms with Crippen LogP contribution in [0.1, 0.15) is 53.6 Å². The largest absolute Gasteiger partial charge is 0.493 e. The van der Waals surface area contributed by atoms with Gasteiger partial charge in [-0.3, -0.25) is 19.2 Å². The molecule has 0 aliphatic carbocycles. The Morgan fingerprint density at radius 1 is 0.886 bits per heavy atom. The van der Waals surface area contributed by atoms with Gasteiger partial charge in [0, 0.05) is 26.6 Å². The van der Waals surface area contributed by atoms with Gasteiger partial charge in [-0.2, -0.15) is 0 Å². The average Bonchev–Trinajstić information content (AvgIpc) is 3.03. The molecule has 0 bridgehead atoms. The van der Waals surface area contributed by atoms with Crippen molar-refractivity contribution in [3.05, 3.63) is 101 Å². The van der Waals surface area contributed by atoms with Crippen molar-refractivity contribution in [2.24, 2.45) is 0 Å². The summed E-state index contributed by atoms with van der Waals surface area (Å²) >= 11 is 0. The number of ether oxygens (including phenoxy) is 1. The first-order valence-corrected chi connectivity index (χ1v) is 14.9. The number of benzene rings is 3. The number of likely N-dealkylation sites (N-methyl/N-ethyl adjacent to an activating group) is 1. The fourth-order valence-electron chi connectivity index (χ4n) is 4.99. The monoisotopic (exact) mass is 602 g/mol. The van der Waals surface area contributed by atoms with E-state index < -0.39 is 42.0 Å². The summed E-state index contributed by atoms with van der Waals surface area (Å²) in [6.45, 7) is 1.00. The van der Waals surface area contributed by atoms with Crippen molar-refractivity contribution in [2.45, 2.75) is 57.2 Å². The van der Waals surface area contributed by atoms with Gasteiger partial charge in [-0.05, 0) is 48.2 Å². The molecule has 0 radical (unpaired) electrons. The third kappa shape index (κ3) is 9.65. The predicted octanol–water partition coefficient (Wildman–Crippen LogP) is 3.77. The van der Waals surface area contributed by atoms with Gasteiger partial charge < -0.3 is 25.6 Å². The Balaban J connectivity index is 1.58. The number of carbonyl (C=O) groups excluding carboxylic acids is 4. The third-order valence-corrected chi connectivity index (χ3v) is 7.46. The van der Waals surface area contributed by atoms with E-state index in [1.807, 2.05) is 30.3 Å². The van der Waals surface area contributed by atoms with E-state index in [1.54, 1.807) is 36.2 Å². The Labute approximate surface area is 257 Å². The van der Waals surface area contributed by atoms with Crippen molar-refractivity contribution in [2.75, 3.05) is 20.2 Å². The summed E-state index contributed by atoms with van der Waals surface area (Å²) in [5.41, 5.74) is 1.76. The van der Waals surface area contributed by atoms with Crippen LogP contribution in [-0.4, -0.2) is 60.8 Å². The van der Waals surface area contributed by atoms with Gasteiger partial charge in [-0.15, -0.1) is 0 Å². The lowest BCUT2D eigenvalue weighted by molar-refractivity contribution is -0.136. The zero-order valence-corrected chi connectivity index (χ0v) is 24.9. The number of hydrogen-bond acceptors (Lipinski definition) is 5. The van der Waals surface area contributed by atoms with Gasteiger partial charge in [0.2, 0.25) is 17.7 Å². The molecule has 4 rings (SSSR count). The van der Waals surface area contributed by atoms with E-state index in [0.29, 0.717) is 24.5 Å². The van der Waals surface area contributed by atoms with Crippen LogP contribution in [-0.2, 0) is 27.3 Å². The first-order chi connectivity index (χ1) is 21.3. The molecule has 1 aliphatic rings. The summed E-state index contributed by atoms with van der Waals surface area (Å²) in [4.78, 5) is 55.3. The van der Waals surface area contributed by atoms with Crippen LogP contribution in [0.15, 0.2) is 78.9 Å². The molecule has 3 aromatic rings. The maximum Gasteiger partial charge on any atom is 0.255 e. The second kappa shape index (κ2) is 16.2. The summed E-state index contributed by atoms with van der Waals surface area (Å²) in [7, 11) is 1.72. The highest BCUT2D eigenvalue weighted by Gasteiger charge is 2.29. The van der Waals surface area contributed by atoms with Gasteiger partial charge in [0.15, 0.2) is 0 Å². The molecule has 232 valence electrons. The number of hydrogen-bond donors (Lipinski definition) is 3. The van der Waals surface area contributed by atoms with E-state index in [2.05, 4.69) is 16.0 Å². The SMILES string of the molecule is CN1CCCCCCOc2ccccc2C(=O)N[C@H](C(=O)NCc2ccc(F)cc2)CC(=O)N[C@@H](Cc2ccccc2)C1=O. The Morgan fingerprint density at radius 2 is 1.59 bits per heavy atom. The Hall–Kier alpha value is -4.73. The van der Waals surface area contributed by atoms with Gasteiger partial charge >= 0.3 is 0 Å². The molecule has 9 nitrogen and oxygen atoms in total. The number of carbonyl (C=O) groups is 4. The highest BCUT2D eigenvalue weighted by molar-refractivity contribution is 6.01. The third-order valence-electron chi connectivity index (χ3n) is 7.46. The van der Waals surface area contributed by atoms with Gasteiger partial charge in [0.25, 0.3) is 5.91 Å². The van der Waals surface area contributed by atoms with Gasteiger partial charge in [-0.1, -0.05) is 67.4 Å². The van der Waals surface area contributed by atoms with E-state index in [9.17, 15) is 23.6 Å². The molecule has 10 heteroatoms. The molecule has 0 fully saturated rings. The molecule has 1 heterocycles. The normalized spacial score (nSPS) is 19.0. The Kier molecular flexibility index (Phi) is 11.9. The maximum absolute atomic E-state index is 13.5. The lowest BCUT2D eigenvalue weighted by Gasteiger charge is -2.26. The molecule has 3 N–H and O–H groups in total. The minimum atomic E-state index is -1.26. The summed E-state index contributed by atoms with van der Waals surface area (Å²) < 4.78 is 19.3. The summed E-state index contributed by atoms with van der Waals surface area (Å²) in [5, 5.41) is 8.24. The Bertz CT molecular complexity index is 1420. The van der Waals surface area contributed by atoms with Crippen LogP contribution < -0.4 is 20.7 Å². The van der Waals surface area contributed by atoms with Gasteiger partial charge in [0.05, 0.1) is 18.6 Å². The molecule has 4 amide bonds. The molecule has 0 saturated heterocycles. The molecule has 0 saturated carbocycles. The molecule has 0 aromatic heterocycles. The number of nitrogens with one attached hydrogen (secondary N) is 3. The van der Waals surface area contributed by atoms with Gasteiger partial charge in [-0.25, -0.2) is 4.39 Å². The lowest BCUT2D eigenvalue weighted by Crippen LogP contribution is -2.52. The second-order valence-corrected chi connectivity index (χ2v) is 10.9. The van der Waals surface area contributed by atoms with E-state index >= 15 is 0 Å². The quantitative estimate of drug-likeness (QED) is 0.411. The molecule has 3 aromatic carbocycles.